The standard InChI is InChI=1S/C17H24N2O/c1-2-17(20)15-10-9-14(12-18-15)19-11-5-7-13-6-3-4-8-16(13)19/h9-10,12-13,16H,2-8,11H2,1H3. The van der Waals surface area contributed by atoms with Crippen molar-refractivity contribution in [3.63, 3.8) is 0 Å². The monoisotopic (exact) mass is 272 g/mol. The van der Waals surface area contributed by atoms with Gasteiger partial charge in [0.1, 0.15) is 5.69 Å². The number of carbonyl (C=O) groups excluding carboxylic acids is 1. The molecule has 20 heavy (non-hydrogen) atoms. The number of piperidine rings is 1. The molecule has 2 heterocycles. The average molecular weight is 272 g/mol. The maximum Gasteiger partial charge on any atom is 0.180 e. The van der Waals surface area contributed by atoms with E-state index in [2.05, 4.69) is 16.0 Å². The first-order valence-corrected chi connectivity index (χ1v) is 8.05. The first-order valence-electron chi connectivity index (χ1n) is 8.05. The van der Waals surface area contributed by atoms with Crippen molar-refractivity contribution in [2.45, 2.75) is 57.9 Å². The number of nitrogens with zero attached hydrogens (tertiary/aromatic N) is 2. The highest BCUT2D eigenvalue weighted by atomic mass is 16.1. The van der Waals surface area contributed by atoms with Crippen molar-refractivity contribution in [2.24, 2.45) is 5.92 Å². The predicted molar refractivity (Wildman–Crippen MR) is 81.2 cm³/mol. The number of pyridine rings is 1. The Balaban J connectivity index is 1.78. The molecule has 3 heteroatoms. The van der Waals surface area contributed by atoms with Gasteiger partial charge in [0.25, 0.3) is 0 Å². The second-order valence-electron chi connectivity index (χ2n) is 6.13. The first-order chi connectivity index (χ1) is 9.79. The van der Waals surface area contributed by atoms with E-state index in [1.165, 1.54) is 44.2 Å². The summed E-state index contributed by atoms with van der Waals surface area (Å²) in [6, 6.07) is 4.69. The van der Waals surface area contributed by atoms with Crippen LogP contribution in [0.3, 0.4) is 0 Å². The van der Waals surface area contributed by atoms with Gasteiger partial charge < -0.3 is 4.90 Å². The van der Waals surface area contributed by atoms with Crippen molar-refractivity contribution < 1.29 is 4.79 Å². The van der Waals surface area contributed by atoms with Crippen LogP contribution >= 0.6 is 0 Å². The lowest BCUT2D eigenvalue weighted by Crippen LogP contribution is -2.46. The fourth-order valence-electron chi connectivity index (χ4n) is 3.85. The van der Waals surface area contributed by atoms with Gasteiger partial charge in [0.05, 0.1) is 11.9 Å². The minimum absolute atomic E-state index is 0.130. The number of carbonyl (C=O) groups is 1. The Morgan fingerprint density at radius 1 is 1.25 bits per heavy atom. The molecule has 2 fully saturated rings. The highest BCUT2D eigenvalue weighted by molar-refractivity contribution is 5.94. The summed E-state index contributed by atoms with van der Waals surface area (Å²) in [6.07, 6.45) is 10.6. The van der Waals surface area contributed by atoms with Crippen molar-refractivity contribution in [1.82, 2.24) is 4.98 Å². The Morgan fingerprint density at radius 3 is 2.80 bits per heavy atom. The van der Waals surface area contributed by atoms with Crippen molar-refractivity contribution in [3.8, 4) is 0 Å². The molecule has 1 aliphatic heterocycles. The number of Topliss-reactive ketones (excluding diaryl/α,β-unsaturated/α-hetero) is 1. The first kappa shape index (κ1) is 13.6. The molecule has 0 amide bonds. The van der Waals surface area contributed by atoms with E-state index in [0.717, 1.165) is 12.5 Å². The number of hydrogen-bond donors (Lipinski definition) is 0. The Bertz CT molecular complexity index is 466. The van der Waals surface area contributed by atoms with Crippen LogP contribution in [0.25, 0.3) is 0 Å². The normalized spacial score (nSPS) is 26.1. The van der Waals surface area contributed by atoms with Crippen LogP contribution in [-0.4, -0.2) is 23.4 Å². The van der Waals surface area contributed by atoms with Crippen LogP contribution < -0.4 is 4.90 Å². The summed E-state index contributed by atoms with van der Waals surface area (Å²) in [4.78, 5) is 18.6. The van der Waals surface area contributed by atoms with Crippen LogP contribution in [0.5, 0.6) is 0 Å². The van der Waals surface area contributed by atoms with E-state index in [1.54, 1.807) is 0 Å². The lowest BCUT2D eigenvalue weighted by atomic mass is 9.78. The summed E-state index contributed by atoms with van der Waals surface area (Å²) in [5.74, 6) is 1.00. The summed E-state index contributed by atoms with van der Waals surface area (Å²) in [5, 5.41) is 0. The van der Waals surface area contributed by atoms with Crippen LogP contribution in [0, 0.1) is 5.92 Å². The number of rotatable bonds is 3. The molecule has 1 aromatic heterocycles. The summed E-state index contributed by atoms with van der Waals surface area (Å²) < 4.78 is 0. The molecule has 2 atom stereocenters. The van der Waals surface area contributed by atoms with E-state index in [0.29, 0.717) is 18.2 Å². The van der Waals surface area contributed by atoms with E-state index in [4.69, 9.17) is 0 Å². The van der Waals surface area contributed by atoms with Crippen LogP contribution in [0.4, 0.5) is 5.69 Å². The van der Waals surface area contributed by atoms with Gasteiger partial charge in [0.2, 0.25) is 0 Å². The van der Waals surface area contributed by atoms with Crippen LogP contribution in [0.1, 0.15) is 62.4 Å². The van der Waals surface area contributed by atoms with Gasteiger partial charge in [-0.05, 0) is 43.7 Å². The Kier molecular flexibility index (Phi) is 4.04. The Hall–Kier alpha value is -1.38. The minimum Gasteiger partial charge on any atom is -0.367 e. The lowest BCUT2D eigenvalue weighted by molar-refractivity contribution is 0.0983. The third-order valence-electron chi connectivity index (χ3n) is 4.93. The lowest BCUT2D eigenvalue weighted by Gasteiger charge is -2.45. The van der Waals surface area contributed by atoms with Gasteiger partial charge in [-0.3, -0.25) is 9.78 Å². The molecule has 3 rings (SSSR count). The quantitative estimate of drug-likeness (QED) is 0.784. The fraction of sp³-hybridized carbons (Fsp3) is 0.647. The largest absolute Gasteiger partial charge is 0.367 e. The molecule has 2 aliphatic rings. The van der Waals surface area contributed by atoms with Gasteiger partial charge in [0, 0.05) is 19.0 Å². The molecule has 0 radical (unpaired) electrons. The molecule has 1 saturated carbocycles. The smallest absolute Gasteiger partial charge is 0.180 e. The molecule has 0 N–H and O–H groups in total. The van der Waals surface area contributed by atoms with E-state index in [-0.39, 0.29) is 5.78 Å². The highest BCUT2D eigenvalue weighted by Gasteiger charge is 2.33. The van der Waals surface area contributed by atoms with Gasteiger partial charge in [-0.15, -0.1) is 0 Å². The van der Waals surface area contributed by atoms with Crippen molar-refractivity contribution >= 4 is 11.5 Å². The Morgan fingerprint density at radius 2 is 2.05 bits per heavy atom. The number of anilines is 1. The third kappa shape index (κ3) is 2.58. The van der Waals surface area contributed by atoms with E-state index >= 15 is 0 Å². The zero-order valence-corrected chi connectivity index (χ0v) is 12.3. The molecular weight excluding hydrogens is 248 g/mol. The molecule has 2 unspecified atom stereocenters. The van der Waals surface area contributed by atoms with Crippen molar-refractivity contribution in [1.29, 1.82) is 0 Å². The fourth-order valence-corrected chi connectivity index (χ4v) is 3.85. The van der Waals surface area contributed by atoms with Gasteiger partial charge in [-0.1, -0.05) is 19.8 Å². The topological polar surface area (TPSA) is 33.2 Å². The molecule has 108 valence electrons. The summed E-state index contributed by atoms with van der Waals surface area (Å²) in [7, 11) is 0. The van der Waals surface area contributed by atoms with Crippen LogP contribution in [-0.2, 0) is 0 Å². The van der Waals surface area contributed by atoms with Gasteiger partial charge in [-0.25, -0.2) is 0 Å². The van der Waals surface area contributed by atoms with E-state index in [9.17, 15) is 4.79 Å². The molecule has 0 spiro atoms. The Labute approximate surface area is 121 Å². The van der Waals surface area contributed by atoms with Gasteiger partial charge in [-0.2, -0.15) is 0 Å². The zero-order chi connectivity index (χ0) is 13.9. The predicted octanol–water partition coefficient (Wildman–Crippen LogP) is 3.83. The minimum atomic E-state index is 0.130. The summed E-state index contributed by atoms with van der Waals surface area (Å²) >= 11 is 0. The van der Waals surface area contributed by atoms with E-state index < -0.39 is 0 Å². The zero-order valence-electron chi connectivity index (χ0n) is 12.3. The van der Waals surface area contributed by atoms with Crippen molar-refractivity contribution in [2.75, 3.05) is 11.4 Å². The molecular formula is C17H24N2O. The summed E-state index contributed by atoms with van der Waals surface area (Å²) in [5.41, 5.74) is 1.81. The maximum atomic E-state index is 11.7. The van der Waals surface area contributed by atoms with Crippen LogP contribution in [0.15, 0.2) is 18.3 Å². The summed E-state index contributed by atoms with van der Waals surface area (Å²) in [6.45, 7) is 3.03. The van der Waals surface area contributed by atoms with E-state index in [1.807, 2.05) is 19.2 Å². The molecule has 0 bridgehead atoms. The molecule has 3 nitrogen and oxygen atoms in total. The molecule has 0 aromatic carbocycles. The molecule has 1 aromatic rings. The molecule has 1 aliphatic carbocycles. The van der Waals surface area contributed by atoms with Crippen LogP contribution in [0.2, 0.25) is 0 Å². The van der Waals surface area contributed by atoms with Crippen molar-refractivity contribution in [3.05, 3.63) is 24.0 Å². The third-order valence-corrected chi connectivity index (χ3v) is 4.93. The number of ketones is 1. The SMILES string of the molecule is CCC(=O)c1ccc(N2CCCC3CCCCC32)cn1. The number of fused-ring (bicyclic) bond motifs is 1. The highest BCUT2D eigenvalue weighted by Crippen LogP contribution is 2.37. The second kappa shape index (κ2) is 5.94. The maximum absolute atomic E-state index is 11.7. The molecule has 1 saturated heterocycles. The number of hydrogen-bond acceptors (Lipinski definition) is 3. The number of aromatic nitrogens is 1. The van der Waals surface area contributed by atoms with Gasteiger partial charge in [0.15, 0.2) is 5.78 Å². The van der Waals surface area contributed by atoms with Gasteiger partial charge >= 0.3 is 0 Å². The average Bonchev–Trinajstić information content (AvgIpc) is 2.54. The second-order valence-corrected chi connectivity index (χ2v) is 6.13.